The first kappa shape index (κ1) is 29.7. The highest BCUT2D eigenvalue weighted by Gasteiger charge is 2.41. The molecule has 1 aromatic carbocycles. The number of hydrogen-bond donors (Lipinski definition) is 2. The molecule has 1 fully saturated rings. The van der Waals surface area contributed by atoms with E-state index >= 15 is 0 Å². The van der Waals surface area contributed by atoms with E-state index in [2.05, 4.69) is 14.8 Å². The van der Waals surface area contributed by atoms with Crippen LogP contribution in [0.3, 0.4) is 0 Å². The molecule has 41 heavy (non-hydrogen) atoms. The number of carbonyl (C=O) groups excluding carboxylic acids is 2. The van der Waals surface area contributed by atoms with Gasteiger partial charge in [0.1, 0.15) is 30.2 Å². The predicted octanol–water partition coefficient (Wildman–Crippen LogP) is 4.13. The van der Waals surface area contributed by atoms with Gasteiger partial charge in [-0.15, -0.1) is 13.2 Å². The number of carbonyl (C=O) groups is 2. The number of nitrogen functional groups attached to an aromatic ring is 1. The molecular formula is C22H16F10N6O3. The molecule has 222 valence electrons. The monoisotopic (exact) mass is 602 g/mol. The van der Waals surface area contributed by atoms with Gasteiger partial charge in [-0.3, -0.25) is 9.59 Å². The maximum absolute atomic E-state index is 14.5. The molecule has 19 heteroatoms. The molecule has 0 unspecified atom stereocenters. The van der Waals surface area contributed by atoms with Gasteiger partial charge in [0.2, 0.25) is 5.91 Å². The lowest BCUT2D eigenvalue weighted by Gasteiger charge is -2.19. The van der Waals surface area contributed by atoms with Crippen molar-refractivity contribution in [3.63, 3.8) is 0 Å². The Morgan fingerprint density at radius 2 is 1.73 bits per heavy atom. The number of nitrogens with two attached hydrogens (primary N) is 1. The number of benzene rings is 1. The molecule has 0 spiro atoms. The first-order chi connectivity index (χ1) is 18.8. The van der Waals surface area contributed by atoms with E-state index in [1.54, 1.807) is 0 Å². The highest BCUT2D eigenvalue weighted by atomic mass is 19.4. The molecule has 1 aliphatic rings. The quantitative estimate of drug-likeness (QED) is 0.425. The number of ether oxygens (including phenoxy) is 1. The van der Waals surface area contributed by atoms with Gasteiger partial charge < -0.3 is 20.7 Å². The van der Waals surface area contributed by atoms with Gasteiger partial charge in [-0.05, 0) is 24.3 Å². The molecule has 3 N–H and O–H groups in total. The van der Waals surface area contributed by atoms with Crippen LogP contribution >= 0.6 is 0 Å². The van der Waals surface area contributed by atoms with Crippen LogP contribution in [0.15, 0.2) is 30.6 Å². The molecule has 3 aromatic rings. The Kier molecular flexibility index (Phi) is 7.42. The van der Waals surface area contributed by atoms with Crippen molar-refractivity contribution in [1.82, 2.24) is 24.8 Å². The van der Waals surface area contributed by atoms with Gasteiger partial charge in [0.15, 0.2) is 5.82 Å². The van der Waals surface area contributed by atoms with Crippen molar-refractivity contribution in [1.29, 1.82) is 0 Å². The minimum atomic E-state index is -5.33. The fourth-order valence-corrected chi connectivity index (χ4v) is 4.20. The standard InChI is InChI=1S/C22H16F10N6O3/c23-12-6-37(16(39)5-20(24,25)26)7-13(12)36-19(40)10-3-9(1-2-15(10)41-22(30,31)32)14-4-11(21(27,28)29)17-18(33)34-8-35-38(14)17/h1-4,8,12-13H,5-7H2,(H,36,40)(H2,33,34,35)/t12-,13+/m0/s1. The van der Waals surface area contributed by atoms with Crippen molar-refractivity contribution in [2.75, 3.05) is 18.8 Å². The summed E-state index contributed by atoms with van der Waals surface area (Å²) in [5.74, 6) is -4.60. The van der Waals surface area contributed by atoms with Crippen LogP contribution in [0.2, 0.25) is 0 Å². The van der Waals surface area contributed by atoms with Crippen molar-refractivity contribution >= 4 is 23.1 Å². The van der Waals surface area contributed by atoms with Gasteiger partial charge in [-0.1, -0.05) is 0 Å². The molecule has 2 amide bonds. The van der Waals surface area contributed by atoms with Gasteiger partial charge in [0, 0.05) is 12.1 Å². The third kappa shape index (κ3) is 6.54. The fraction of sp³-hybridized carbons (Fsp3) is 0.364. The van der Waals surface area contributed by atoms with Crippen molar-refractivity contribution in [2.45, 2.75) is 37.3 Å². The van der Waals surface area contributed by atoms with Gasteiger partial charge in [-0.25, -0.2) is 13.9 Å². The normalized spacial score (nSPS) is 18.1. The summed E-state index contributed by atoms with van der Waals surface area (Å²) in [6, 6.07) is 1.17. The van der Waals surface area contributed by atoms with E-state index in [0.717, 1.165) is 12.4 Å². The zero-order chi connectivity index (χ0) is 30.5. The van der Waals surface area contributed by atoms with Crippen molar-refractivity contribution in [3.8, 4) is 17.0 Å². The number of rotatable bonds is 5. The van der Waals surface area contributed by atoms with Crippen LogP contribution in [0.1, 0.15) is 22.3 Å². The van der Waals surface area contributed by atoms with Gasteiger partial charge in [0.25, 0.3) is 5.91 Å². The zero-order valence-electron chi connectivity index (χ0n) is 20.0. The number of nitrogens with one attached hydrogen (secondary N) is 1. The van der Waals surface area contributed by atoms with Crippen LogP contribution in [0.4, 0.5) is 49.7 Å². The van der Waals surface area contributed by atoms with Gasteiger partial charge in [0.05, 0.1) is 29.4 Å². The summed E-state index contributed by atoms with van der Waals surface area (Å²) in [5.41, 5.74) is 2.05. The number of nitrogens with zero attached hydrogens (tertiary/aromatic N) is 4. The van der Waals surface area contributed by atoms with E-state index in [-0.39, 0.29) is 11.3 Å². The minimum absolute atomic E-state index is 0.279. The molecule has 0 saturated carbocycles. The van der Waals surface area contributed by atoms with E-state index in [0.29, 0.717) is 27.6 Å². The number of aromatic nitrogens is 3. The molecular weight excluding hydrogens is 586 g/mol. The summed E-state index contributed by atoms with van der Waals surface area (Å²) in [7, 11) is 0. The number of alkyl halides is 10. The smallest absolute Gasteiger partial charge is 0.405 e. The Balaban J connectivity index is 1.71. The first-order valence-corrected chi connectivity index (χ1v) is 11.2. The van der Waals surface area contributed by atoms with E-state index < -0.39 is 90.5 Å². The van der Waals surface area contributed by atoms with Crippen LogP contribution in [0.25, 0.3) is 16.8 Å². The Labute approximate surface area is 221 Å². The number of likely N-dealkylation sites (tertiary alicyclic amines) is 1. The molecule has 0 radical (unpaired) electrons. The van der Waals surface area contributed by atoms with Crippen molar-refractivity contribution in [2.24, 2.45) is 0 Å². The first-order valence-electron chi connectivity index (χ1n) is 11.2. The lowest BCUT2D eigenvalue weighted by atomic mass is 10.1. The molecule has 1 aliphatic heterocycles. The Bertz CT molecular complexity index is 1480. The average Bonchev–Trinajstić information content (AvgIpc) is 3.39. The summed E-state index contributed by atoms with van der Waals surface area (Å²) >= 11 is 0. The third-order valence-corrected chi connectivity index (χ3v) is 5.90. The summed E-state index contributed by atoms with van der Waals surface area (Å²) in [6.07, 6.45) is -18.4. The lowest BCUT2D eigenvalue weighted by molar-refractivity contribution is -0.274. The molecule has 9 nitrogen and oxygen atoms in total. The van der Waals surface area contributed by atoms with Gasteiger partial charge >= 0.3 is 18.7 Å². The Hall–Kier alpha value is -4.32. The molecule has 0 aliphatic carbocycles. The third-order valence-electron chi connectivity index (χ3n) is 5.90. The summed E-state index contributed by atoms with van der Waals surface area (Å²) < 4.78 is 137. The Morgan fingerprint density at radius 3 is 2.34 bits per heavy atom. The SMILES string of the molecule is Nc1ncnn2c(-c3ccc(OC(F)(F)F)c(C(=O)N[C@@H]4CN(C(=O)CC(F)(F)F)C[C@@H]4F)c3)cc(C(F)(F)F)c12. The van der Waals surface area contributed by atoms with E-state index in [1.807, 2.05) is 5.32 Å². The second-order valence-corrected chi connectivity index (χ2v) is 8.79. The maximum atomic E-state index is 14.5. The lowest BCUT2D eigenvalue weighted by Crippen LogP contribution is -2.42. The van der Waals surface area contributed by atoms with Gasteiger partial charge in [-0.2, -0.15) is 31.4 Å². The number of amides is 2. The van der Waals surface area contributed by atoms with Crippen molar-refractivity contribution < 1.29 is 58.2 Å². The number of anilines is 1. The zero-order valence-corrected chi connectivity index (χ0v) is 20.0. The molecule has 1 saturated heterocycles. The largest absolute Gasteiger partial charge is 0.573 e. The maximum Gasteiger partial charge on any atom is 0.573 e. The van der Waals surface area contributed by atoms with E-state index in [4.69, 9.17) is 5.73 Å². The van der Waals surface area contributed by atoms with Crippen LogP contribution in [0, 0.1) is 0 Å². The van der Waals surface area contributed by atoms with Crippen LogP contribution < -0.4 is 15.8 Å². The van der Waals surface area contributed by atoms with Crippen LogP contribution in [0.5, 0.6) is 5.75 Å². The highest BCUT2D eigenvalue weighted by Crippen LogP contribution is 2.39. The van der Waals surface area contributed by atoms with E-state index in [9.17, 15) is 53.5 Å². The number of hydrogen-bond acceptors (Lipinski definition) is 6. The fourth-order valence-electron chi connectivity index (χ4n) is 4.20. The molecule has 0 bridgehead atoms. The van der Waals surface area contributed by atoms with E-state index in [1.165, 1.54) is 0 Å². The molecule has 2 atom stereocenters. The minimum Gasteiger partial charge on any atom is -0.405 e. The molecule has 3 heterocycles. The molecule has 4 rings (SSSR count). The second kappa shape index (κ2) is 10.3. The second-order valence-electron chi connectivity index (χ2n) is 8.79. The Morgan fingerprint density at radius 1 is 1.05 bits per heavy atom. The topological polar surface area (TPSA) is 115 Å². The van der Waals surface area contributed by atoms with Crippen LogP contribution in [-0.4, -0.2) is 69.2 Å². The highest BCUT2D eigenvalue weighted by molar-refractivity contribution is 5.98. The summed E-state index contributed by atoms with van der Waals surface area (Å²) in [6.45, 7) is -1.56. The van der Waals surface area contributed by atoms with Crippen LogP contribution in [-0.2, 0) is 11.0 Å². The van der Waals surface area contributed by atoms with Crippen molar-refractivity contribution in [3.05, 3.63) is 41.7 Å². The summed E-state index contributed by atoms with van der Waals surface area (Å²) in [5, 5.41) is 5.70. The molecule has 2 aromatic heterocycles. The summed E-state index contributed by atoms with van der Waals surface area (Å²) in [4.78, 5) is 28.8. The predicted molar refractivity (Wildman–Crippen MR) is 118 cm³/mol. The number of fused-ring (bicyclic) bond motifs is 1. The average molecular weight is 602 g/mol. The number of halogens is 10.